The Labute approximate surface area is 81.0 Å². The van der Waals surface area contributed by atoms with Gasteiger partial charge in [0.05, 0.1) is 0 Å². The minimum absolute atomic E-state index is 0.317. The molecule has 0 heteroatoms. The van der Waals surface area contributed by atoms with E-state index in [1.165, 1.54) is 36.8 Å². The van der Waals surface area contributed by atoms with Crippen LogP contribution in [0.2, 0.25) is 0 Å². The first-order valence-electron chi connectivity index (χ1n) is 5.27. The molecule has 0 aromatic rings. The maximum atomic E-state index is 4.19. The van der Waals surface area contributed by atoms with E-state index in [2.05, 4.69) is 32.2 Å². The minimum Gasteiger partial charge on any atom is -0.0949 e. The van der Waals surface area contributed by atoms with Gasteiger partial charge in [-0.15, -0.1) is 0 Å². The summed E-state index contributed by atoms with van der Waals surface area (Å²) in [5.74, 6) is 0.615. The average Bonchev–Trinajstić information content (AvgIpc) is 2.65. The van der Waals surface area contributed by atoms with Crippen LogP contribution in [-0.4, -0.2) is 0 Å². The van der Waals surface area contributed by atoms with Gasteiger partial charge < -0.3 is 0 Å². The third-order valence-corrected chi connectivity index (χ3v) is 3.64. The maximum absolute atomic E-state index is 4.19. The van der Waals surface area contributed by atoms with Crippen LogP contribution in [0.1, 0.15) is 32.6 Å². The Bertz CT molecular complexity index is 282. The Morgan fingerprint density at radius 2 is 2.31 bits per heavy atom. The SMILES string of the molecule is C=C1C(=C)C2(CCCC)C=CC1C2. The van der Waals surface area contributed by atoms with E-state index in [1.54, 1.807) is 0 Å². The highest BCUT2D eigenvalue weighted by Crippen LogP contribution is 2.57. The van der Waals surface area contributed by atoms with Crippen LogP contribution in [0.25, 0.3) is 0 Å². The van der Waals surface area contributed by atoms with Crippen molar-refractivity contribution in [1.29, 1.82) is 0 Å². The zero-order valence-corrected chi connectivity index (χ0v) is 8.47. The van der Waals surface area contributed by atoms with Gasteiger partial charge >= 0.3 is 0 Å². The van der Waals surface area contributed by atoms with E-state index in [-0.39, 0.29) is 0 Å². The topological polar surface area (TPSA) is 0 Å². The van der Waals surface area contributed by atoms with Crippen molar-refractivity contribution in [3.8, 4) is 0 Å². The molecule has 0 saturated heterocycles. The second-order valence-electron chi connectivity index (χ2n) is 4.43. The van der Waals surface area contributed by atoms with Crippen molar-refractivity contribution in [2.75, 3.05) is 0 Å². The Morgan fingerprint density at radius 3 is 2.85 bits per heavy atom. The van der Waals surface area contributed by atoms with Crippen molar-refractivity contribution in [2.24, 2.45) is 11.3 Å². The summed E-state index contributed by atoms with van der Waals surface area (Å²) in [4.78, 5) is 0. The van der Waals surface area contributed by atoms with Crippen molar-refractivity contribution in [3.05, 3.63) is 36.5 Å². The second-order valence-corrected chi connectivity index (χ2v) is 4.43. The van der Waals surface area contributed by atoms with E-state index in [1.807, 2.05) is 0 Å². The number of hydrogen-bond acceptors (Lipinski definition) is 0. The molecule has 70 valence electrons. The van der Waals surface area contributed by atoms with E-state index in [9.17, 15) is 0 Å². The largest absolute Gasteiger partial charge is 0.0949 e. The number of fused-ring (bicyclic) bond motifs is 2. The van der Waals surface area contributed by atoms with Gasteiger partial charge in [-0.2, -0.15) is 0 Å². The van der Waals surface area contributed by atoms with Crippen LogP contribution < -0.4 is 0 Å². The molecule has 0 aromatic carbocycles. The molecule has 0 N–H and O–H groups in total. The van der Waals surface area contributed by atoms with Crippen molar-refractivity contribution < 1.29 is 0 Å². The fourth-order valence-corrected chi connectivity index (χ4v) is 2.66. The van der Waals surface area contributed by atoms with Gasteiger partial charge in [0.2, 0.25) is 0 Å². The van der Waals surface area contributed by atoms with Crippen molar-refractivity contribution in [2.45, 2.75) is 32.6 Å². The van der Waals surface area contributed by atoms with Crippen LogP contribution in [0.5, 0.6) is 0 Å². The van der Waals surface area contributed by atoms with E-state index in [4.69, 9.17) is 0 Å². The lowest BCUT2D eigenvalue weighted by Crippen LogP contribution is -2.13. The molecule has 0 spiro atoms. The first-order chi connectivity index (χ1) is 6.19. The van der Waals surface area contributed by atoms with E-state index >= 15 is 0 Å². The third-order valence-electron chi connectivity index (χ3n) is 3.64. The van der Waals surface area contributed by atoms with Crippen LogP contribution in [0, 0.1) is 11.3 Å². The third kappa shape index (κ3) is 1.12. The molecule has 2 rings (SSSR count). The van der Waals surface area contributed by atoms with Crippen LogP contribution in [0.15, 0.2) is 36.5 Å². The molecule has 1 fully saturated rings. The van der Waals surface area contributed by atoms with Crippen LogP contribution in [0.4, 0.5) is 0 Å². The second kappa shape index (κ2) is 2.87. The van der Waals surface area contributed by atoms with Crippen LogP contribution in [-0.2, 0) is 0 Å². The van der Waals surface area contributed by atoms with E-state index in [0.717, 1.165) is 0 Å². The highest BCUT2D eigenvalue weighted by Gasteiger charge is 2.45. The minimum atomic E-state index is 0.317. The summed E-state index contributed by atoms with van der Waals surface area (Å²) in [6.45, 7) is 10.6. The lowest BCUT2D eigenvalue weighted by Gasteiger charge is -2.25. The summed E-state index contributed by atoms with van der Waals surface area (Å²) in [6.07, 6.45) is 9.82. The zero-order chi connectivity index (χ0) is 9.47. The molecule has 0 radical (unpaired) electrons. The lowest BCUT2D eigenvalue weighted by molar-refractivity contribution is 0.421. The number of rotatable bonds is 3. The number of allylic oxidation sites excluding steroid dienone is 4. The molecular weight excluding hydrogens is 156 g/mol. The summed E-state index contributed by atoms with van der Waals surface area (Å²) < 4.78 is 0. The summed E-state index contributed by atoms with van der Waals surface area (Å²) >= 11 is 0. The fourth-order valence-electron chi connectivity index (χ4n) is 2.66. The number of unbranched alkanes of at least 4 members (excludes halogenated alkanes) is 1. The molecule has 13 heavy (non-hydrogen) atoms. The van der Waals surface area contributed by atoms with Gasteiger partial charge in [0.1, 0.15) is 0 Å². The monoisotopic (exact) mass is 174 g/mol. The average molecular weight is 174 g/mol. The first-order valence-corrected chi connectivity index (χ1v) is 5.27. The molecular formula is C13H18. The quantitative estimate of drug-likeness (QED) is 0.570. The summed E-state index contributed by atoms with van der Waals surface area (Å²) in [5, 5.41) is 0. The van der Waals surface area contributed by atoms with Gasteiger partial charge in [0.15, 0.2) is 0 Å². The van der Waals surface area contributed by atoms with Crippen molar-refractivity contribution in [1.82, 2.24) is 0 Å². The Morgan fingerprint density at radius 1 is 1.54 bits per heavy atom. The van der Waals surface area contributed by atoms with Crippen LogP contribution >= 0.6 is 0 Å². The molecule has 0 amide bonds. The lowest BCUT2D eigenvalue weighted by atomic mass is 9.78. The standard InChI is InChI=1S/C13H18/c1-4-5-7-13-8-6-12(9-13)10(2)11(13)3/h6,8,12H,2-5,7,9H2,1H3. The zero-order valence-electron chi connectivity index (χ0n) is 8.47. The molecule has 0 aliphatic heterocycles. The molecule has 0 nitrogen and oxygen atoms in total. The molecule has 2 unspecified atom stereocenters. The van der Waals surface area contributed by atoms with Gasteiger partial charge in [0.25, 0.3) is 0 Å². The van der Waals surface area contributed by atoms with Gasteiger partial charge in [-0.25, -0.2) is 0 Å². The van der Waals surface area contributed by atoms with Gasteiger partial charge in [-0.1, -0.05) is 45.1 Å². The molecule has 0 aromatic heterocycles. The predicted octanol–water partition coefficient (Wildman–Crippen LogP) is 3.87. The van der Waals surface area contributed by atoms with Crippen LogP contribution in [0.3, 0.4) is 0 Å². The van der Waals surface area contributed by atoms with Crippen molar-refractivity contribution in [3.63, 3.8) is 0 Å². The van der Waals surface area contributed by atoms with Gasteiger partial charge in [-0.05, 0) is 24.0 Å². The predicted molar refractivity (Wildman–Crippen MR) is 57.5 cm³/mol. The highest BCUT2D eigenvalue weighted by molar-refractivity contribution is 5.49. The molecule has 2 aliphatic carbocycles. The van der Waals surface area contributed by atoms with Gasteiger partial charge in [-0.3, -0.25) is 0 Å². The molecule has 2 aliphatic rings. The smallest absolute Gasteiger partial charge is 0.0138 e. The summed E-state index contributed by atoms with van der Waals surface area (Å²) in [6, 6.07) is 0. The maximum Gasteiger partial charge on any atom is 0.0138 e. The molecule has 2 atom stereocenters. The fraction of sp³-hybridized carbons (Fsp3) is 0.538. The molecule has 1 saturated carbocycles. The molecule has 2 bridgehead atoms. The number of hydrogen-bond donors (Lipinski definition) is 0. The summed E-state index contributed by atoms with van der Waals surface area (Å²) in [7, 11) is 0. The Balaban J connectivity index is 2.19. The normalized spacial score (nSPS) is 36.2. The Kier molecular flexibility index (Phi) is 1.94. The molecule has 0 heterocycles. The van der Waals surface area contributed by atoms with E-state index < -0.39 is 0 Å². The summed E-state index contributed by atoms with van der Waals surface area (Å²) in [5.41, 5.74) is 2.92. The van der Waals surface area contributed by atoms with Crippen molar-refractivity contribution >= 4 is 0 Å². The first kappa shape index (κ1) is 8.80. The van der Waals surface area contributed by atoms with Gasteiger partial charge in [0, 0.05) is 11.3 Å². The van der Waals surface area contributed by atoms with E-state index in [0.29, 0.717) is 11.3 Å². The Hall–Kier alpha value is -0.780. The highest BCUT2D eigenvalue weighted by atomic mass is 14.5.